The first kappa shape index (κ1) is 12.2. The molecule has 82 valence electrons. The van der Waals surface area contributed by atoms with E-state index in [1.165, 1.54) is 0 Å². The number of carbonyl (C=O) groups excluding carboxylic acids is 1. The number of anilines is 1. The minimum atomic E-state index is 0.0159. The molecule has 3 N–H and O–H groups in total. The van der Waals surface area contributed by atoms with E-state index in [-0.39, 0.29) is 5.91 Å². The van der Waals surface area contributed by atoms with Crippen LogP contribution in [0.5, 0.6) is 0 Å². The van der Waals surface area contributed by atoms with Gasteiger partial charge in [-0.15, -0.1) is 0 Å². The van der Waals surface area contributed by atoms with Crippen molar-refractivity contribution >= 4 is 27.5 Å². The van der Waals surface area contributed by atoms with Gasteiger partial charge in [0.05, 0.1) is 0 Å². The van der Waals surface area contributed by atoms with Crippen molar-refractivity contribution in [3.05, 3.63) is 28.2 Å². The highest BCUT2D eigenvalue weighted by atomic mass is 79.9. The summed E-state index contributed by atoms with van der Waals surface area (Å²) in [6.45, 7) is 2.53. The van der Waals surface area contributed by atoms with Gasteiger partial charge in [-0.2, -0.15) is 0 Å². The van der Waals surface area contributed by atoms with Crippen molar-refractivity contribution < 1.29 is 4.79 Å². The van der Waals surface area contributed by atoms with Gasteiger partial charge in [0.15, 0.2) is 0 Å². The fourth-order valence-electron chi connectivity index (χ4n) is 1.21. The molecule has 4 heteroatoms. The van der Waals surface area contributed by atoms with Crippen molar-refractivity contribution in [2.24, 2.45) is 5.73 Å². The third kappa shape index (κ3) is 4.01. The zero-order valence-electron chi connectivity index (χ0n) is 8.72. The first-order valence-electron chi connectivity index (χ1n) is 4.89. The number of carbonyl (C=O) groups is 1. The minimum Gasteiger partial charge on any atom is -0.330 e. The molecule has 0 unspecified atom stereocenters. The molecule has 1 rings (SSSR count). The molecule has 0 fully saturated rings. The van der Waals surface area contributed by atoms with E-state index in [9.17, 15) is 4.79 Å². The number of benzene rings is 1. The largest absolute Gasteiger partial charge is 0.330 e. The zero-order valence-corrected chi connectivity index (χ0v) is 10.3. The van der Waals surface area contributed by atoms with Crippen molar-refractivity contribution in [1.29, 1.82) is 0 Å². The molecule has 15 heavy (non-hydrogen) atoms. The van der Waals surface area contributed by atoms with Crippen molar-refractivity contribution in [3.63, 3.8) is 0 Å². The average molecular weight is 271 g/mol. The van der Waals surface area contributed by atoms with Crippen molar-refractivity contribution in [3.8, 4) is 0 Å². The molecule has 0 aromatic heterocycles. The highest BCUT2D eigenvalue weighted by Gasteiger charge is 2.02. The predicted molar refractivity (Wildman–Crippen MR) is 65.8 cm³/mol. The molecule has 0 spiro atoms. The number of aryl methyl sites for hydroxylation is 1. The van der Waals surface area contributed by atoms with Crippen LogP contribution in [0.4, 0.5) is 5.69 Å². The van der Waals surface area contributed by atoms with Crippen LogP contribution in [0.1, 0.15) is 18.4 Å². The van der Waals surface area contributed by atoms with E-state index in [1.807, 2.05) is 25.1 Å². The summed E-state index contributed by atoms with van der Waals surface area (Å²) in [4.78, 5) is 11.4. The SMILES string of the molecule is Cc1cc(NC(=O)CCCN)ccc1Br. The maximum atomic E-state index is 11.4. The van der Waals surface area contributed by atoms with E-state index in [1.54, 1.807) is 0 Å². The topological polar surface area (TPSA) is 55.1 Å². The summed E-state index contributed by atoms with van der Waals surface area (Å²) in [7, 11) is 0. The Morgan fingerprint density at radius 3 is 2.87 bits per heavy atom. The third-order valence-electron chi connectivity index (χ3n) is 2.05. The van der Waals surface area contributed by atoms with Crippen LogP contribution in [0, 0.1) is 6.92 Å². The summed E-state index contributed by atoms with van der Waals surface area (Å²) in [5.41, 5.74) is 7.26. The second-order valence-corrected chi connectivity index (χ2v) is 4.26. The zero-order chi connectivity index (χ0) is 11.3. The van der Waals surface area contributed by atoms with Crippen LogP contribution < -0.4 is 11.1 Å². The lowest BCUT2D eigenvalue weighted by atomic mass is 10.2. The van der Waals surface area contributed by atoms with E-state index in [4.69, 9.17) is 5.73 Å². The monoisotopic (exact) mass is 270 g/mol. The molecule has 0 atom stereocenters. The Morgan fingerprint density at radius 2 is 2.27 bits per heavy atom. The molecule has 0 saturated carbocycles. The predicted octanol–water partition coefficient (Wildman–Crippen LogP) is 2.43. The van der Waals surface area contributed by atoms with Crippen molar-refractivity contribution in [1.82, 2.24) is 0 Å². The molecule has 0 heterocycles. The smallest absolute Gasteiger partial charge is 0.224 e. The van der Waals surface area contributed by atoms with Gasteiger partial charge in [-0.3, -0.25) is 4.79 Å². The Bertz CT molecular complexity index is 352. The Kier molecular flexibility index (Phi) is 4.78. The molecule has 0 aliphatic carbocycles. The van der Waals surface area contributed by atoms with Crippen molar-refractivity contribution in [2.45, 2.75) is 19.8 Å². The highest BCUT2D eigenvalue weighted by Crippen LogP contribution is 2.20. The summed E-state index contributed by atoms with van der Waals surface area (Å²) in [6, 6.07) is 5.73. The van der Waals surface area contributed by atoms with Crippen LogP contribution in [0.3, 0.4) is 0 Å². The fourth-order valence-corrected chi connectivity index (χ4v) is 1.46. The number of amides is 1. The highest BCUT2D eigenvalue weighted by molar-refractivity contribution is 9.10. The lowest BCUT2D eigenvalue weighted by Crippen LogP contribution is -2.13. The standard InChI is InChI=1S/C11H15BrN2O/c1-8-7-9(4-5-10(8)12)14-11(15)3-2-6-13/h4-5,7H,2-3,6,13H2,1H3,(H,14,15). The van der Waals surface area contributed by atoms with Gasteiger partial charge in [0.25, 0.3) is 0 Å². The van der Waals surface area contributed by atoms with Crippen molar-refractivity contribution in [2.75, 3.05) is 11.9 Å². The summed E-state index contributed by atoms with van der Waals surface area (Å²) in [5, 5.41) is 2.83. The van der Waals surface area contributed by atoms with Crippen LogP contribution in [-0.2, 0) is 4.79 Å². The van der Waals surface area contributed by atoms with Gasteiger partial charge in [0, 0.05) is 16.6 Å². The number of nitrogens with one attached hydrogen (secondary N) is 1. The Morgan fingerprint density at radius 1 is 1.53 bits per heavy atom. The van der Waals surface area contributed by atoms with E-state index in [0.29, 0.717) is 13.0 Å². The summed E-state index contributed by atoms with van der Waals surface area (Å²) in [5.74, 6) is 0.0159. The van der Waals surface area contributed by atoms with Gasteiger partial charge in [-0.25, -0.2) is 0 Å². The molecule has 1 aromatic rings. The van der Waals surface area contributed by atoms with Crippen LogP contribution in [0.15, 0.2) is 22.7 Å². The van der Waals surface area contributed by atoms with Crippen LogP contribution in [0.2, 0.25) is 0 Å². The molecule has 0 aliphatic rings. The normalized spacial score (nSPS) is 10.1. The van der Waals surface area contributed by atoms with Crippen LogP contribution in [-0.4, -0.2) is 12.5 Å². The minimum absolute atomic E-state index is 0.0159. The third-order valence-corrected chi connectivity index (χ3v) is 2.94. The summed E-state index contributed by atoms with van der Waals surface area (Å²) < 4.78 is 1.04. The van der Waals surface area contributed by atoms with Gasteiger partial charge in [0.1, 0.15) is 0 Å². The molecular formula is C11H15BrN2O. The number of hydrogen-bond donors (Lipinski definition) is 2. The first-order valence-corrected chi connectivity index (χ1v) is 5.69. The number of rotatable bonds is 4. The van der Waals surface area contributed by atoms with E-state index < -0.39 is 0 Å². The van der Waals surface area contributed by atoms with E-state index >= 15 is 0 Å². The van der Waals surface area contributed by atoms with Gasteiger partial charge in [-0.05, 0) is 43.7 Å². The second-order valence-electron chi connectivity index (χ2n) is 3.40. The number of hydrogen-bond acceptors (Lipinski definition) is 2. The van der Waals surface area contributed by atoms with E-state index in [2.05, 4.69) is 21.2 Å². The molecule has 0 radical (unpaired) electrons. The van der Waals surface area contributed by atoms with Gasteiger partial charge < -0.3 is 11.1 Å². The van der Waals surface area contributed by atoms with Crippen LogP contribution in [0.25, 0.3) is 0 Å². The van der Waals surface area contributed by atoms with E-state index in [0.717, 1.165) is 22.1 Å². The lowest BCUT2D eigenvalue weighted by Gasteiger charge is -2.06. The summed E-state index contributed by atoms with van der Waals surface area (Å²) >= 11 is 3.41. The Balaban J connectivity index is 2.57. The molecule has 0 bridgehead atoms. The number of halogens is 1. The molecule has 1 amide bonds. The maximum Gasteiger partial charge on any atom is 0.224 e. The maximum absolute atomic E-state index is 11.4. The van der Waals surface area contributed by atoms with Gasteiger partial charge >= 0.3 is 0 Å². The molecule has 0 saturated heterocycles. The quantitative estimate of drug-likeness (QED) is 0.883. The Labute approximate surface area is 98.2 Å². The molecule has 3 nitrogen and oxygen atoms in total. The first-order chi connectivity index (χ1) is 7.13. The molecule has 1 aromatic carbocycles. The fraction of sp³-hybridized carbons (Fsp3) is 0.364. The second kappa shape index (κ2) is 5.88. The van der Waals surface area contributed by atoms with Gasteiger partial charge in [-0.1, -0.05) is 15.9 Å². The average Bonchev–Trinajstić information content (AvgIpc) is 2.20. The lowest BCUT2D eigenvalue weighted by molar-refractivity contribution is -0.116. The molecule has 0 aliphatic heterocycles. The van der Waals surface area contributed by atoms with Crippen LogP contribution >= 0.6 is 15.9 Å². The van der Waals surface area contributed by atoms with Gasteiger partial charge in [0.2, 0.25) is 5.91 Å². The summed E-state index contributed by atoms with van der Waals surface area (Å²) in [6.07, 6.45) is 1.20. The number of nitrogens with two attached hydrogens (primary N) is 1. The Hall–Kier alpha value is -0.870. The molecular weight excluding hydrogens is 256 g/mol.